The van der Waals surface area contributed by atoms with Crippen LogP contribution in [0.4, 0.5) is 23.3 Å². The van der Waals surface area contributed by atoms with Gasteiger partial charge in [0.1, 0.15) is 57.5 Å². The summed E-state index contributed by atoms with van der Waals surface area (Å²) >= 11 is 50.2. The number of hydrogen-bond donors (Lipinski definition) is 4. The second kappa shape index (κ2) is 47.2. The first kappa shape index (κ1) is 107. The van der Waals surface area contributed by atoms with Crippen LogP contribution in [-0.4, -0.2) is 286 Å². The molecule has 0 amide bonds. The summed E-state index contributed by atoms with van der Waals surface area (Å²) < 4.78 is 6.91. The van der Waals surface area contributed by atoms with Gasteiger partial charge in [0, 0.05) is 158 Å². The molecule has 10 atom stereocenters. The third-order valence-corrected chi connectivity index (χ3v) is 32.4. The van der Waals surface area contributed by atoms with E-state index in [-0.39, 0.29) is 72.2 Å². The summed E-state index contributed by atoms with van der Waals surface area (Å²) in [6.07, 6.45) is 17.8. The van der Waals surface area contributed by atoms with E-state index in [0.717, 1.165) is 189 Å². The standard InChI is InChI=1S/2C27H32Cl2N6O3.2C25H29Cl2N7O/c2*1-16(21-8-7-20(28)11-22(21)29)35-27-26(25(32-35)17(2)36)30-12-23(31-27)34-14-19(15-34)18-5-3-9-33(13-18)10-4-6-24(37)38;2*1-15(35)11-32-7-3-4-17(12-32)18-13-33(14-18)23-10-29-24-22(9-28)31-34(25(24)30-23)16(2)20-6-5-19(26)8-21(20)27/h2*7-8,11-12,16,18-19H,3-6,9-10,13-15H2,1-2H3,(H,37,38);2*5-6,8,10,15-18,35H,3-4,7,11-14H2,1-2H3/t16-,18+;16-,18-;15-,16-,17+;15-,16-,17-/m1111/s1. The smallest absolute Gasteiger partial charge is 0.303 e. The van der Waals surface area contributed by atoms with E-state index in [4.69, 9.17) is 123 Å². The zero-order valence-electron chi connectivity index (χ0n) is 83.0. The molecule has 8 fully saturated rings. The highest BCUT2D eigenvalue weighted by Crippen LogP contribution is 2.43. The number of aliphatic carboxylic acids is 2. The van der Waals surface area contributed by atoms with Crippen LogP contribution in [-0.2, 0) is 9.59 Å². The number of hydrogen-bond acceptors (Lipinski definition) is 28. The monoisotopic (exact) mass is 2140 g/mol. The summed E-state index contributed by atoms with van der Waals surface area (Å²) in [5.74, 6) is 6.17. The number of fused-ring (bicyclic) bond motifs is 4. The predicted molar refractivity (Wildman–Crippen MR) is 568 cm³/mol. The molecule has 4 aromatic carbocycles. The van der Waals surface area contributed by atoms with Gasteiger partial charge in [-0.1, -0.05) is 117 Å². The molecule has 0 radical (unpaired) electrons. The third-order valence-electron chi connectivity index (χ3n) is 30.1. The van der Waals surface area contributed by atoms with E-state index in [2.05, 4.69) is 91.7 Å². The lowest BCUT2D eigenvalue weighted by molar-refractivity contribution is -0.138. The predicted octanol–water partition coefficient (Wildman–Crippen LogP) is 18.2. The number of β-amino-alcohol motifs (C(OH)–C–C–N with tert-alkyl or cyclic N) is 2. The number of ketones is 2. The SMILES string of the molecule is CC(=O)c1nn([C@H](C)c2ccc(Cl)cc2Cl)c2nc(N3CC([C@@H]4CCCN(CCCC(=O)O)C4)C3)cnc12.CC(=O)c1nn([C@H](C)c2ccc(Cl)cc2Cl)c2nc(N3CC([C@H]4CCCN(CCCC(=O)O)C4)C3)cnc12.C[C@H](c1ccc(Cl)cc1Cl)n1nc(C#N)c2ncc(N3CC([C@@H]4CCCN(C[C@@H](C)O)C4)C3)nc21.C[C@H](c1ccc(Cl)cc1Cl)n1nc(C#N)c2ncc(N3CC([C@H]4CCCN(C[C@@H](C)O)C4)C3)nc21. The van der Waals surface area contributed by atoms with Gasteiger partial charge in [-0.2, -0.15) is 30.9 Å². The van der Waals surface area contributed by atoms with Crippen molar-refractivity contribution in [3.63, 3.8) is 0 Å². The molecule has 34 nitrogen and oxygen atoms in total. The number of aromatic nitrogens is 16. The topological polar surface area (TPSA) is 397 Å². The number of carboxylic acids is 2. The van der Waals surface area contributed by atoms with Crippen molar-refractivity contribution in [3.8, 4) is 12.1 Å². The molecule has 12 aromatic rings. The van der Waals surface area contributed by atoms with Crippen LogP contribution in [0.5, 0.6) is 0 Å². The minimum absolute atomic E-state index is 0.167. The first-order chi connectivity index (χ1) is 70.1. The largest absolute Gasteiger partial charge is 0.481 e. The summed E-state index contributed by atoms with van der Waals surface area (Å²) in [6, 6.07) is 24.7. The van der Waals surface area contributed by atoms with E-state index in [1.165, 1.54) is 52.4 Å². The Morgan fingerprint density at radius 3 is 0.870 bits per heavy atom. The molecule has 772 valence electrons. The van der Waals surface area contributed by atoms with E-state index in [1.807, 2.05) is 65.8 Å². The highest BCUT2D eigenvalue weighted by molar-refractivity contribution is 6.37. The van der Waals surface area contributed by atoms with Gasteiger partial charge in [0.2, 0.25) is 0 Å². The van der Waals surface area contributed by atoms with Gasteiger partial charge in [-0.05, 0) is 263 Å². The number of anilines is 4. The Balaban J connectivity index is 0.000000133. The van der Waals surface area contributed by atoms with Gasteiger partial charge in [0.25, 0.3) is 0 Å². The van der Waals surface area contributed by atoms with Crippen molar-refractivity contribution >= 4 is 184 Å². The average Bonchev–Trinajstić information content (AvgIpc) is 1.62. The Morgan fingerprint density at radius 2 is 0.616 bits per heavy atom. The number of likely N-dealkylation sites (tertiary alicyclic amines) is 4. The minimum atomic E-state index is -0.728. The van der Waals surface area contributed by atoms with Crippen molar-refractivity contribution in [1.82, 2.24) is 98.6 Å². The Morgan fingerprint density at radius 1 is 0.363 bits per heavy atom. The van der Waals surface area contributed by atoms with Crippen molar-refractivity contribution in [2.24, 2.45) is 47.3 Å². The van der Waals surface area contributed by atoms with Gasteiger partial charge >= 0.3 is 11.9 Å². The van der Waals surface area contributed by atoms with Crippen molar-refractivity contribution in [2.45, 2.75) is 169 Å². The number of Topliss-reactive ketones (excluding diaryl/α,β-unsaturated/α-hetero) is 2. The molecule has 8 aromatic heterocycles. The van der Waals surface area contributed by atoms with Crippen molar-refractivity contribution in [3.05, 3.63) is 183 Å². The highest BCUT2D eigenvalue weighted by Gasteiger charge is 2.43. The molecule has 8 aliphatic heterocycles. The molecule has 0 bridgehead atoms. The van der Waals surface area contributed by atoms with Crippen LogP contribution in [0.3, 0.4) is 0 Å². The number of rotatable bonds is 30. The first-order valence-electron chi connectivity index (χ1n) is 50.4. The first-order valence-corrected chi connectivity index (χ1v) is 53.4. The maximum Gasteiger partial charge on any atom is 0.303 e. The number of aliphatic hydroxyl groups excluding tert-OH is 2. The van der Waals surface area contributed by atoms with E-state index >= 15 is 0 Å². The molecule has 42 heteroatoms. The number of nitriles is 2. The molecular weight excluding hydrogens is 2020 g/mol. The molecule has 0 saturated carbocycles. The second-order valence-corrected chi connectivity index (χ2v) is 43.9. The molecule has 146 heavy (non-hydrogen) atoms. The molecule has 0 spiro atoms. The Bertz CT molecular complexity index is 6450. The van der Waals surface area contributed by atoms with Gasteiger partial charge in [-0.25, -0.2) is 58.6 Å². The number of carbonyl (C=O) groups is 4. The lowest BCUT2D eigenvalue weighted by Gasteiger charge is -2.47. The average molecular weight is 2150 g/mol. The fourth-order valence-electron chi connectivity index (χ4n) is 22.1. The van der Waals surface area contributed by atoms with Crippen LogP contribution in [0.25, 0.3) is 44.7 Å². The van der Waals surface area contributed by atoms with Crippen LogP contribution in [0.1, 0.15) is 211 Å². The summed E-state index contributed by atoms with van der Waals surface area (Å²) in [5, 5.41) is 79.2. The summed E-state index contributed by atoms with van der Waals surface area (Å²) in [5.41, 5.74) is 8.64. The number of aliphatic hydroxyl groups is 2. The number of piperidine rings is 4. The number of benzene rings is 4. The number of carboxylic acid groups (broad SMARTS) is 2. The molecule has 0 unspecified atom stereocenters. The Labute approximate surface area is 888 Å². The van der Waals surface area contributed by atoms with E-state index in [1.54, 1.807) is 92.0 Å². The number of halogens is 8. The lowest BCUT2D eigenvalue weighted by atomic mass is 9.80. The summed E-state index contributed by atoms with van der Waals surface area (Å²) in [7, 11) is 0. The summed E-state index contributed by atoms with van der Waals surface area (Å²) in [6.45, 7) is 33.5. The molecule has 0 aliphatic carbocycles. The number of nitrogens with zero attached hydrogens (tertiary/aromatic N) is 26. The van der Waals surface area contributed by atoms with Crippen molar-refractivity contribution < 1.29 is 39.6 Å². The van der Waals surface area contributed by atoms with E-state index < -0.39 is 11.9 Å². The summed E-state index contributed by atoms with van der Waals surface area (Å²) in [4.78, 5) is 103. The third kappa shape index (κ3) is 24.5. The van der Waals surface area contributed by atoms with Crippen molar-refractivity contribution in [2.75, 3.05) is 150 Å². The Kier molecular flexibility index (Phi) is 34.6. The van der Waals surface area contributed by atoms with Crippen LogP contribution in [0.2, 0.25) is 40.2 Å². The number of carbonyl (C=O) groups excluding carboxylic acids is 2. The molecule has 20 rings (SSSR count). The van der Waals surface area contributed by atoms with Crippen LogP contribution >= 0.6 is 92.8 Å². The van der Waals surface area contributed by atoms with Crippen LogP contribution < -0.4 is 19.6 Å². The maximum atomic E-state index is 12.3. The lowest BCUT2D eigenvalue weighted by Crippen LogP contribution is -2.54. The molecular formula is C104H122Cl8N26O8. The highest BCUT2D eigenvalue weighted by atomic mass is 35.5. The zero-order valence-corrected chi connectivity index (χ0v) is 89.1. The fraction of sp³-hybridized carbons (Fsp3) is 0.519. The second-order valence-electron chi connectivity index (χ2n) is 40.6. The Hall–Kier alpha value is -10.4. The molecule has 8 saturated heterocycles. The molecule has 16 heterocycles. The van der Waals surface area contributed by atoms with Gasteiger partial charge in [0.15, 0.2) is 56.9 Å². The van der Waals surface area contributed by atoms with Gasteiger partial charge in [0.05, 0.1) is 61.2 Å². The van der Waals surface area contributed by atoms with Gasteiger partial charge in [-0.3, -0.25) is 19.2 Å². The normalized spacial score (nSPS) is 20.2. The van der Waals surface area contributed by atoms with Gasteiger partial charge < -0.3 is 59.6 Å². The van der Waals surface area contributed by atoms with Gasteiger partial charge in [-0.15, -0.1) is 0 Å². The van der Waals surface area contributed by atoms with Crippen molar-refractivity contribution in [1.29, 1.82) is 10.5 Å². The van der Waals surface area contributed by atoms with E-state index in [9.17, 15) is 39.9 Å². The van der Waals surface area contributed by atoms with Crippen LogP contribution in [0.15, 0.2) is 97.6 Å². The zero-order chi connectivity index (χ0) is 103. The minimum Gasteiger partial charge on any atom is -0.481 e. The maximum absolute atomic E-state index is 12.3. The molecule has 8 aliphatic rings. The fourth-order valence-corrected chi connectivity index (χ4v) is 24.4. The molecule has 4 N–H and O–H groups in total. The van der Waals surface area contributed by atoms with Crippen LogP contribution in [0, 0.1) is 70.0 Å². The quantitative estimate of drug-likeness (QED) is 0.0304. The van der Waals surface area contributed by atoms with E-state index in [0.29, 0.717) is 156 Å².